The Bertz CT molecular complexity index is 606. The number of ether oxygens (including phenoxy) is 1. The van der Waals surface area contributed by atoms with Crippen molar-refractivity contribution in [2.45, 2.75) is 55.9 Å². The van der Waals surface area contributed by atoms with Crippen LogP contribution in [0.5, 0.6) is 5.75 Å². The van der Waals surface area contributed by atoms with Gasteiger partial charge in [0.05, 0.1) is 4.90 Å². The summed E-state index contributed by atoms with van der Waals surface area (Å²) >= 11 is 0. The predicted octanol–water partition coefficient (Wildman–Crippen LogP) is 3.36. The molecule has 1 saturated carbocycles. The molecule has 2 rings (SSSR count). The molecule has 1 aromatic carbocycles. The molecule has 142 valence electrons. The van der Waals surface area contributed by atoms with Gasteiger partial charge in [0.15, 0.2) is 0 Å². The third-order valence-corrected chi connectivity index (χ3v) is 6.84. The van der Waals surface area contributed by atoms with Crippen molar-refractivity contribution in [3.05, 3.63) is 24.3 Å². The Morgan fingerprint density at radius 1 is 0.960 bits per heavy atom. The van der Waals surface area contributed by atoms with Gasteiger partial charge >= 0.3 is 0 Å². The fraction of sp³-hybridized carbons (Fsp3) is 0.684. The molecular weight excluding hydrogens is 336 g/mol. The van der Waals surface area contributed by atoms with Crippen LogP contribution in [-0.2, 0) is 10.0 Å². The van der Waals surface area contributed by atoms with Crippen LogP contribution in [0.1, 0.15) is 44.9 Å². The van der Waals surface area contributed by atoms with Gasteiger partial charge in [-0.2, -0.15) is 0 Å². The minimum Gasteiger partial charge on any atom is -0.492 e. The van der Waals surface area contributed by atoms with Crippen LogP contribution in [0.25, 0.3) is 0 Å². The Morgan fingerprint density at radius 2 is 1.52 bits per heavy atom. The van der Waals surface area contributed by atoms with Gasteiger partial charge in [0, 0.05) is 26.7 Å². The number of likely N-dealkylation sites (N-methyl/N-ethyl adjacent to an activating group) is 1. The molecule has 0 heterocycles. The van der Waals surface area contributed by atoms with Crippen LogP contribution in [-0.4, -0.2) is 58.0 Å². The smallest absolute Gasteiger partial charge is 0.242 e. The van der Waals surface area contributed by atoms with Crippen LogP contribution < -0.4 is 4.74 Å². The summed E-state index contributed by atoms with van der Waals surface area (Å²) in [5.74, 6) is 0.712. The molecule has 0 radical (unpaired) electrons. The van der Waals surface area contributed by atoms with Gasteiger partial charge in [-0.05, 0) is 44.2 Å². The van der Waals surface area contributed by atoms with Crippen molar-refractivity contribution in [1.29, 1.82) is 0 Å². The molecule has 1 fully saturated rings. The second kappa shape index (κ2) is 9.55. The monoisotopic (exact) mass is 368 g/mol. The van der Waals surface area contributed by atoms with E-state index in [9.17, 15) is 8.42 Å². The van der Waals surface area contributed by atoms with E-state index < -0.39 is 10.0 Å². The Kier molecular flexibility index (Phi) is 7.72. The quantitative estimate of drug-likeness (QED) is 0.740. The SMILES string of the molecule is CN(CCOc1ccc(S(=O)(=O)N(C)C)cc1)C1CCCCCCC1. The Balaban J connectivity index is 1.81. The maximum absolute atomic E-state index is 12.1. The molecule has 1 aliphatic rings. The largest absolute Gasteiger partial charge is 0.492 e. The van der Waals surface area contributed by atoms with Crippen LogP contribution in [0, 0.1) is 0 Å². The van der Waals surface area contributed by atoms with E-state index in [0.717, 1.165) is 6.54 Å². The summed E-state index contributed by atoms with van der Waals surface area (Å²) in [7, 11) is 1.87. The summed E-state index contributed by atoms with van der Waals surface area (Å²) in [6, 6.07) is 7.32. The molecule has 0 amide bonds. The molecule has 0 aliphatic heterocycles. The number of hydrogen-bond acceptors (Lipinski definition) is 4. The van der Waals surface area contributed by atoms with E-state index in [4.69, 9.17) is 4.74 Å². The average Bonchev–Trinajstić information content (AvgIpc) is 2.54. The minimum absolute atomic E-state index is 0.288. The van der Waals surface area contributed by atoms with Crippen molar-refractivity contribution < 1.29 is 13.2 Å². The first-order chi connectivity index (χ1) is 11.9. The van der Waals surface area contributed by atoms with Crippen molar-refractivity contribution in [3.8, 4) is 5.75 Å². The van der Waals surface area contributed by atoms with Gasteiger partial charge in [-0.1, -0.05) is 32.1 Å². The second-order valence-electron chi connectivity index (χ2n) is 7.09. The number of rotatable bonds is 7. The first-order valence-corrected chi connectivity index (χ1v) is 10.7. The molecule has 25 heavy (non-hydrogen) atoms. The van der Waals surface area contributed by atoms with Gasteiger partial charge in [-0.3, -0.25) is 0 Å². The number of nitrogens with zero attached hydrogens (tertiary/aromatic N) is 2. The van der Waals surface area contributed by atoms with Crippen molar-refractivity contribution in [1.82, 2.24) is 9.21 Å². The summed E-state index contributed by atoms with van der Waals surface area (Å²) < 4.78 is 31.1. The zero-order valence-corrected chi connectivity index (χ0v) is 16.6. The van der Waals surface area contributed by atoms with Crippen LogP contribution >= 0.6 is 0 Å². The van der Waals surface area contributed by atoms with Gasteiger partial charge in [0.2, 0.25) is 10.0 Å². The molecule has 1 aliphatic carbocycles. The lowest BCUT2D eigenvalue weighted by Crippen LogP contribution is -2.35. The van der Waals surface area contributed by atoms with Crippen molar-refractivity contribution in [3.63, 3.8) is 0 Å². The van der Waals surface area contributed by atoms with E-state index in [1.54, 1.807) is 24.3 Å². The minimum atomic E-state index is -3.38. The zero-order valence-electron chi connectivity index (χ0n) is 15.8. The first-order valence-electron chi connectivity index (χ1n) is 9.27. The van der Waals surface area contributed by atoms with Crippen LogP contribution in [0.4, 0.5) is 0 Å². The zero-order chi connectivity index (χ0) is 18.3. The topological polar surface area (TPSA) is 49.9 Å². The maximum atomic E-state index is 12.1. The highest BCUT2D eigenvalue weighted by molar-refractivity contribution is 7.89. The normalized spacial score (nSPS) is 17.5. The molecule has 6 heteroatoms. The standard InChI is InChI=1S/C19H32N2O3S/c1-20(2)25(22,23)19-13-11-18(12-14-19)24-16-15-21(3)17-9-7-5-4-6-8-10-17/h11-14,17H,4-10,15-16H2,1-3H3. The third-order valence-electron chi connectivity index (χ3n) is 5.01. The lowest BCUT2D eigenvalue weighted by atomic mass is 9.96. The molecule has 0 N–H and O–H groups in total. The molecule has 0 aromatic heterocycles. The third kappa shape index (κ3) is 5.97. The highest BCUT2D eigenvalue weighted by Gasteiger charge is 2.17. The van der Waals surface area contributed by atoms with Crippen LogP contribution in [0.2, 0.25) is 0 Å². The van der Waals surface area contributed by atoms with E-state index in [1.165, 1.54) is 63.3 Å². The lowest BCUT2D eigenvalue weighted by molar-refractivity contribution is 0.168. The van der Waals surface area contributed by atoms with Gasteiger partial charge in [0.1, 0.15) is 12.4 Å². The number of benzene rings is 1. The molecule has 0 bridgehead atoms. The highest BCUT2D eigenvalue weighted by atomic mass is 32.2. The fourth-order valence-electron chi connectivity index (χ4n) is 3.28. The van der Waals surface area contributed by atoms with Crippen molar-refractivity contribution >= 4 is 10.0 Å². The van der Waals surface area contributed by atoms with Crippen molar-refractivity contribution in [2.24, 2.45) is 0 Å². The van der Waals surface area contributed by atoms with E-state index in [-0.39, 0.29) is 4.90 Å². The van der Waals surface area contributed by atoms with Gasteiger partial charge in [0.25, 0.3) is 0 Å². The second-order valence-corrected chi connectivity index (χ2v) is 9.24. The number of sulfonamides is 1. The molecule has 5 nitrogen and oxygen atoms in total. The van der Waals surface area contributed by atoms with Gasteiger partial charge < -0.3 is 9.64 Å². The highest BCUT2D eigenvalue weighted by Crippen LogP contribution is 2.21. The summed E-state index contributed by atoms with van der Waals surface area (Å²) in [5, 5.41) is 0. The summed E-state index contributed by atoms with van der Waals surface area (Å²) in [6.07, 6.45) is 9.35. The molecule has 0 atom stereocenters. The summed E-state index contributed by atoms with van der Waals surface area (Å²) in [5.41, 5.74) is 0. The van der Waals surface area contributed by atoms with Crippen LogP contribution in [0.15, 0.2) is 29.2 Å². The van der Waals surface area contributed by atoms with E-state index >= 15 is 0 Å². The van der Waals surface area contributed by atoms with E-state index in [0.29, 0.717) is 18.4 Å². The van der Waals surface area contributed by atoms with E-state index in [2.05, 4.69) is 11.9 Å². The fourth-order valence-corrected chi connectivity index (χ4v) is 4.19. The van der Waals surface area contributed by atoms with Gasteiger partial charge in [-0.15, -0.1) is 0 Å². The van der Waals surface area contributed by atoms with Crippen LogP contribution in [0.3, 0.4) is 0 Å². The molecule has 0 spiro atoms. The average molecular weight is 369 g/mol. The molecular formula is C19H32N2O3S. The van der Waals surface area contributed by atoms with Gasteiger partial charge in [-0.25, -0.2) is 12.7 Å². The first kappa shape index (κ1) is 20.2. The maximum Gasteiger partial charge on any atom is 0.242 e. The van der Waals surface area contributed by atoms with Crippen molar-refractivity contribution in [2.75, 3.05) is 34.3 Å². The predicted molar refractivity (Wildman–Crippen MR) is 102 cm³/mol. The Hall–Kier alpha value is -1.11. The number of hydrogen-bond donors (Lipinski definition) is 0. The molecule has 0 unspecified atom stereocenters. The Labute approximate surface area is 153 Å². The van der Waals surface area contributed by atoms with E-state index in [1.807, 2.05) is 0 Å². The Morgan fingerprint density at radius 3 is 2.08 bits per heavy atom. The lowest BCUT2D eigenvalue weighted by Gasteiger charge is -2.29. The molecule has 0 saturated heterocycles. The molecule has 1 aromatic rings. The summed E-state index contributed by atoms with van der Waals surface area (Å²) in [6.45, 7) is 1.51. The summed E-state index contributed by atoms with van der Waals surface area (Å²) in [4.78, 5) is 2.70.